The van der Waals surface area contributed by atoms with Crippen LogP contribution in [0.15, 0.2) is 44.4 Å². The van der Waals surface area contributed by atoms with E-state index in [0.717, 1.165) is 14.6 Å². The molecule has 1 aromatic heterocycles. The van der Waals surface area contributed by atoms with Crippen molar-refractivity contribution in [2.24, 2.45) is 7.05 Å². The Kier molecular flexibility index (Phi) is 3.73. The molecule has 0 amide bonds. The Morgan fingerprint density at radius 1 is 1.28 bits per heavy atom. The number of halogens is 2. The van der Waals surface area contributed by atoms with E-state index in [9.17, 15) is 9.59 Å². The maximum absolute atomic E-state index is 11.9. The van der Waals surface area contributed by atoms with Gasteiger partial charge < -0.3 is 0 Å². The number of benzene rings is 1. The lowest BCUT2D eigenvalue weighted by atomic mass is 10.2. The second kappa shape index (κ2) is 5.12. The van der Waals surface area contributed by atoms with Crippen LogP contribution in [0.4, 0.5) is 0 Å². The first-order valence-corrected chi connectivity index (χ1v) is 6.37. The first-order chi connectivity index (χ1) is 8.49. The van der Waals surface area contributed by atoms with Crippen molar-refractivity contribution < 1.29 is 0 Å². The van der Waals surface area contributed by atoms with Crippen molar-refractivity contribution in [2.45, 2.75) is 6.54 Å². The van der Waals surface area contributed by atoms with E-state index in [1.165, 1.54) is 17.7 Å². The molecule has 4 nitrogen and oxygen atoms in total. The highest BCUT2D eigenvalue weighted by molar-refractivity contribution is 9.10. The van der Waals surface area contributed by atoms with Gasteiger partial charge in [0.15, 0.2) is 0 Å². The van der Waals surface area contributed by atoms with Crippen LogP contribution in [0.3, 0.4) is 0 Å². The summed E-state index contributed by atoms with van der Waals surface area (Å²) in [6.07, 6.45) is 0. The van der Waals surface area contributed by atoms with Crippen LogP contribution in [-0.4, -0.2) is 9.13 Å². The summed E-state index contributed by atoms with van der Waals surface area (Å²) < 4.78 is 3.31. The molecule has 0 aliphatic rings. The van der Waals surface area contributed by atoms with Crippen molar-refractivity contribution in [3.05, 3.63) is 66.4 Å². The Balaban J connectivity index is 2.51. The van der Waals surface area contributed by atoms with Crippen LogP contribution in [-0.2, 0) is 13.6 Å². The molecule has 0 aliphatic carbocycles. The molecule has 0 atom stereocenters. The van der Waals surface area contributed by atoms with E-state index in [4.69, 9.17) is 11.6 Å². The molecule has 0 spiro atoms. The Morgan fingerprint density at radius 2 is 2.00 bits per heavy atom. The molecule has 18 heavy (non-hydrogen) atoms. The SMILES string of the molecule is Cn1c(=O)cc(Cl)n(Cc2cccc(Br)c2)c1=O. The van der Waals surface area contributed by atoms with Crippen molar-refractivity contribution >= 4 is 27.5 Å². The van der Waals surface area contributed by atoms with Crippen molar-refractivity contribution in [1.29, 1.82) is 0 Å². The molecule has 0 N–H and O–H groups in total. The van der Waals surface area contributed by atoms with E-state index >= 15 is 0 Å². The summed E-state index contributed by atoms with van der Waals surface area (Å²) in [4.78, 5) is 23.3. The second-order valence-corrected chi connectivity index (χ2v) is 5.17. The summed E-state index contributed by atoms with van der Waals surface area (Å²) in [6, 6.07) is 8.79. The van der Waals surface area contributed by atoms with E-state index in [1.54, 1.807) is 0 Å². The lowest BCUT2D eigenvalue weighted by molar-refractivity contribution is 0.646. The molecule has 0 radical (unpaired) electrons. The average molecular weight is 330 g/mol. The molecule has 2 rings (SSSR count). The fourth-order valence-electron chi connectivity index (χ4n) is 1.60. The van der Waals surface area contributed by atoms with Gasteiger partial charge in [0.05, 0.1) is 6.54 Å². The van der Waals surface area contributed by atoms with Gasteiger partial charge in [-0.05, 0) is 17.7 Å². The molecule has 0 saturated heterocycles. The smallest absolute Gasteiger partial charge is 0.279 e. The summed E-state index contributed by atoms with van der Waals surface area (Å²) >= 11 is 9.30. The van der Waals surface area contributed by atoms with Gasteiger partial charge in [0.1, 0.15) is 5.15 Å². The second-order valence-electron chi connectivity index (χ2n) is 3.86. The summed E-state index contributed by atoms with van der Waals surface area (Å²) in [5.41, 5.74) is 0.0926. The summed E-state index contributed by atoms with van der Waals surface area (Å²) in [5.74, 6) is 0. The minimum Gasteiger partial charge on any atom is -0.279 e. The number of aromatic nitrogens is 2. The van der Waals surface area contributed by atoms with Gasteiger partial charge >= 0.3 is 5.69 Å². The van der Waals surface area contributed by atoms with E-state index in [0.29, 0.717) is 6.54 Å². The van der Waals surface area contributed by atoms with Crippen LogP contribution < -0.4 is 11.2 Å². The molecule has 0 fully saturated rings. The minimum absolute atomic E-state index is 0.142. The van der Waals surface area contributed by atoms with Gasteiger partial charge in [0, 0.05) is 17.6 Å². The molecule has 0 saturated carbocycles. The third kappa shape index (κ3) is 2.57. The van der Waals surface area contributed by atoms with Gasteiger partial charge in [-0.2, -0.15) is 0 Å². The molecule has 1 heterocycles. The standard InChI is InChI=1S/C12H10BrClN2O2/c1-15-11(17)6-10(14)16(12(15)18)7-8-3-2-4-9(13)5-8/h2-6H,7H2,1H3. The molecule has 94 valence electrons. The molecular weight excluding hydrogens is 320 g/mol. The van der Waals surface area contributed by atoms with Gasteiger partial charge in [-0.1, -0.05) is 39.7 Å². The Labute approximate surface area is 117 Å². The number of nitrogens with zero attached hydrogens (tertiary/aromatic N) is 2. The number of hydrogen-bond donors (Lipinski definition) is 0. The van der Waals surface area contributed by atoms with Crippen LogP contribution in [0.25, 0.3) is 0 Å². The molecular formula is C12H10BrClN2O2. The highest BCUT2D eigenvalue weighted by Crippen LogP contribution is 2.13. The van der Waals surface area contributed by atoms with Gasteiger partial charge in [-0.25, -0.2) is 4.79 Å². The summed E-state index contributed by atoms with van der Waals surface area (Å²) in [6.45, 7) is 0.325. The van der Waals surface area contributed by atoms with Gasteiger partial charge in [0.25, 0.3) is 5.56 Å². The molecule has 1 aromatic carbocycles. The van der Waals surface area contributed by atoms with Gasteiger partial charge in [-0.3, -0.25) is 13.9 Å². The first kappa shape index (κ1) is 13.1. The van der Waals surface area contributed by atoms with Crippen LogP contribution in [0, 0.1) is 0 Å². The molecule has 0 aliphatic heterocycles. The minimum atomic E-state index is -0.424. The van der Waals surface area contributed by atoms with E-state index < -0.39 is 11.2 Å². The van der Waals surface area contributed by atoms with Crippen molar-refractivity contribution in [3.63, 3.8) is 0 Å². The Bertz CT molecular complexity index is 706. The van der Waals surface area contributed by atoms with Crippen molar-refractivity contribution in [3.8, 4) is 0 Å². The third-order valence-corrected chi connectivity index (χ3v) is 3.38. The first-order valence-electron chi connectivity index (χ1n) is 5.20. The molecule has 0 unspecified atom stereocenters. The lowest BCUT2D eigenvalue weighted by Gasteiger charge is -2.09. The zero-order chi connectivity index (χ0) is 13.3. The van der Waals surface area contributed by atoms with Crippen LogP contribution >= 0.6 is 27.5 Å². The zero-order valence-electron chi connectivity index (χ0n) is 9.56. The Morgan fingerprint density at radius 3 is 2.67 bits per heavy atom. The molecule has 0 bridgehead atoms. The van der Waals surface area contributed by atoms with E-state index in [1.807, 2.05) is 24.3 Å². The van der Waals surface area contributed by atoms with Crippen LogP contribution in [0.1, 0.15) is 5.56 Å². The third-order valence-electron chi connectivity index (χ3n) is 2.58. The van der Waals surface area contributed by atoms with E-state index in [-0.39, 0.29) is 5.15 Å². The predicted octanol–water partition coefficient (Wildman–Crippen LogP) is 2.01. The number of hydrogen-bond acceptors (Lipinski definition) is 2. The van der Waals surface area contributed by atoms with Gasteiger partial charge in [0.2, 0.25) is 0 Å². The van der Waals surface area contributed by atoms with Crippen LogP contribution in [0.2, 0.25) is 5.15 Å². The Hall–Kier alpha value is -1.33. The topological polar surface area (TPSA) is 44.0 Å². The maximum atomic E-state index is 11.9. The highest BCUT2D eigenvalue weighted by atomic mass is 79.9. The lowest BCUT2D eigenvalue weighted by Crippen LogP contribution is -2.37. The zero-order valence-corrected chi connectivity index (χ0v) is 11.9. The number of rotatable bonds is 2. The molecule has 2 aromatic rings. The molecule has 6 heteroatoms. The van der Waals surface area contributed by atoms with Gasteiger partial charge in [-0.15, -0.1) is 0 Å². The van der Waals surface area contributed by atoms with Crippen LogP contribution in [0.5, 0.6) is 0 Å². The largest absolute Gasteiger partial charge is 0.332 e. The van der Waals surface area contributed by atoms with E-state index in [2.05, 4.69) is 15.9 Å². The van der Waals surface area contributed by atoms with Crippen molar-refractivity contribution in [1.82, 2.24) is 9.13 Å². The quantitative estimate of drug-likeness (QED) is 0.791. The van der Waals surface area contributed by atoms with Crippen molar-refractivity contribution in [2.75, 3.05) is 0 Å². The monoisotopic (exact) mass is 328 g/mol. The highest BCUT2D eigenvalue weighted by Gasteiger charge is 2.07. The summed E-state index contributed by atoms with van der Waals surface area (Å²) in [5, 5.41) is 0.142. The fraction of sp³-hybridized carbons (Fsp3) is 0.167. The normalized spacial score (nSPS) is 10.6. The average Bonchev–Trinajstić information content (AvgIpc) is 2.32. The maximum Gasteiger partial charge on any atom is 0.332 e. The summed E-state index contributed by atoms with van der Waals surface area (Å²) in [7, 11) is 1.43. The fourth-order valence-corrected chi connectivity index (χ4v) is 2.28. The predicted molar refractivity (Wildman–Crippen MR) is 74.2 cm³/mol.